The molecule has 1 N–H and O–H groups in total. The van der Waals surface area contributed by atoms with Crippen LogP contribution in [0.15, 0.2) is 30.3 Å². The van der Waals surface area contributed by atoms with E-state index in [2.05, 4.69) is 63.2 Å². The van der Waals surface area contributed by atoms with Crippen LogP contribution < -0.4 is 0 Å². The lowest BCUT2D eigenvalue weighted by Crippen LogP contribution is -2.30. The molecule has 0 amide bonds. The molecule has 0 aromatic heterocycles. The van der Waals surface area contributed by atoms with Crippen molar-refractivity contribution in [3.05, 3.63) is 35.9 Å². The number of rotatable bonds is 22. The molecule has 0 radical (unpaired) electrons. The molecule has 0 fully saturated rings. The minimum absolute atomic E-state index is 0.111. The van der Waals surface area contributed by atoms with Crippen molar-refractivity contribution in [2.75, 3.05) is 14.1 Å². The van der Waals surface area contributed by atoms with E-state index in [4.69, 9.17) is 5.11 Å². The lowest BCUT2D eigenvalue weighted by atomic mass is 9.98. The second-order valence-corrected chi connectivity index (χ2v) is 10.9. The third kappa shape index (κ3) is 20.8. The summed E-state index contributed by atoms with van der Waals surface area (Å²) in [7, 11) is 4.46. The highest BCUT2D eigenvalue weighted by atomic mass is 16.4. The molecule has 1 aromatic rings. The summed E-state index contributed by atoms with van der Waals surface area (Å²) in [5, 5.41) is 8.60. The number of hydrogen-bond donors (Lipinski definition) is 1. The van der Waals surface area contributed by atoms with E-state index in [1.165, 1.54) is 102 Å². The number of aliphatic carboxylic acids is 1. The molecular weight excluding hydrogens is 442 g/mol. The normalized spacial score (nSPS) is 12.7. The fraction of sp³-hybridized carbons (Fsp3) is 0.788. The van der Waals surface area contributed by atoms with Crippen LogP contribution in [0.2, 0.25) is 0 Å². The van der Waals surface area contributed by atoms with Gasteiger partial charge in [-0.3, -0.25) is 4.79 Å². The average Bonchev–Trinajstić information content (AvgIpc) is 2.87. The first-order valence-electron chi connectivity index (χ1n) is 15.4. The zero-order valence-corrected chi connectivity index (χ0v) is 24.8. The van der Waals surface area contributed by atoms with Crippen LogP contribution in [0.25, 0.3) is 0 Å². The predicted molar refractivity (Wildman–Crippen MR) is 159 cm³/mol. The third-order valence-electron chi connectivity index (χ3n) is 7.43. The van der Waals surface area contributed by atoms with Crippen molar-refractivity contribution in [2.24, 2.45) is 5.92 Å². The lowest BCUT2D eigenvalue weighted by Gasteiger charge is -2.24. The summed E-state index contributed by atoms with van der Waals surface area (Å²) in [5.41, 5.74) is 1.47. The fourth-order valence-corrected chi connectivity index (χ4v) is 4.78. The van der Waals surface area contributed by atoms with Gasteiger partial charge in [-0.2, -0.15) is 0 Å². The van der Waals surface area contributed by atoms with Crippen LogP contribution in [0.1, 0.15) is 142 Å². The van der Waals surface area contributed by atoms with Crippen LogP contribution in [0.4, 0.5) is 0 Å². The van der Waals surface area contributed by atoms with E-state index in [-0.39, 0.29) is 5.92 Å². The average molecular weight is 504 g/mol. The first-order valence-corrected chi connectivity index (χ1v) is 15.4. The molecule has 2 unspecified atom stereocenters. The van der Waals surface area contributed by atoms with E-state index in [0.29, 0.717) is 6.04 Å². The number of likely N-dealkylation sites (N-methyl/N-ethyl adjacent to an activating group) is 1. The molecule has 0 saturated heterocycles. The second kappa shape index (κ2) is 25.3. The standard InChI is InChI=1S/C25H45N.C8H16O2/c1-4-5-6-7-8-9-10-11-12-13-14-15-19-22-25(26(2)3)23-24-20-17-16-18-21-24;1-3-5-6-7(4-2)8(9)10/h16-18,20-21,25H,4-15,19,22-23H2,1-3H3;7H,3-6H2,1-2H3,(H,9,10). The van der Waals surface area contributed by atoms with E-state index in [1.54, 1.807) is 0 Å². The molecule has 210 valence electrons. The van der Waals surface area contributed by atoms with Gasteiger partial charge in [-0.1, -0.05) is 147 Å². The summed E-state index contributed by atoms with van der Waals surface area (Å²) in [6, 6.07) is 11.6. The van der Waals surface area contributed by atoms with Crippen LogP contribution in [-0.4, -0.2) is 36.1 Å². The van der Waals surface area contributed by atoms with Crippen molar-refractivity contribution in [3.8, 4) is 0 Å². The Bertz CT molecular complexity index is 587. The van der Waals surface area contributed by atoms with Gasteiger partial charge in [0, 0.05) is 6.04 Å². The molecule has 0 saturated carbocycles. The molecule has 0 aliphatic heterocycles. The molecule has 1 rings (SSSR count). The smallest absolute Gasteiger partial charge is 0.306 e. The van der Waals surface area contributed by atoms with Gasteiger partial charge in [0.2, 0.25) is 0 Å². The van der Waals surface area contributed by atoms with E-state index in [1.807, 2.05) is 6.92 Å². The molecule has 36 heavy (non-hydrogen) atoms. The topological polar surface area (TPSA) is 40.5 Å². The molecule has 0 heterocycles. The van der Waals surface area contributed by atoms with Gasteiger partial charge < -0.3 is 10.0 Å². The number of unbranched alkanes of at least 4 members (excludes halogenated alkanes) is 13. The fourth-order valence-electron chi connectivity index (χ4n) is 4.78. The monoisotopic (exact) mass is 503 g/mol. The van der Waals surface area contributed by atoms with Crippen LogP contribution in [0.5, 0.6) is 0 Å². The number of nitrogens with zero attached hydrogens (tertiary/aromatic N) is 1. The molecule has 0 bridgehead atoms. The number of hydrogen-bond acceptors (Lipinski definition) is 2. The Morgan fingerprint density at radius 2 is 1.17 bits per heavy atom. The van der Waals surface area contributed by atoms with E-state index in [0.717, 1.165) is 25.7 Å². The van der Waals surface area contributed by atoms with Gasteiger partial charge in [0.15, 0.2) is 0 Å². The highest BCUT2D eigenvalue weighted by molar-refractivity contribution is 5.69. The Morgan fingerprint density at radius 3 is 1.58 bits per heavy atom. The summed E-state index contributed by atoms with van der Waals surface area (Å²) < 4.78 is 0. The van der Waals surface area contributed by atoms with Gasteiger partial charge in [0.1, 0.15) is 0 Å². The van der Waals surface area contributed by atoms with Gasteiger partial charge >= 0.3 is 5.97 Å². The molecular formula is C33H61NO2. The highest BCUT2D eigenvalue weighted by Crippen LogP contribution is 2.16. The molecule has 0 spiro atoms. The van der Waals surface area contributed by atoms with E-state index in [9.17, 15) is 4.79 Å². The van der Waals surface area contributed by atoms with Gasteiger partial charge in [-0.15, -0.1) is 0 Å². The lowest BCUT2D eigenvalue weighted by molar-refractivity contribution is -0.142. The van der Waals surface area contributed by atoms with Crippen molar-refractivity contribution < 1.29 is 9.90 Å². The van der Waals surface area contributed by atoms with E-state index < -0.39 is 5.97 Å². The summed E-state index contributed by atoms with van der Waals surface area (Å²) >= 11 is 0. The summed E-state index contributed by atoms with van der Waals surface area (Å²) in [6.45, 7) is 6.30. The van der Waals surface area contributed by atoms with Gasteiger partial charge in [0.25, 0.3) is 0 Å². The van der Waals surface area contributed by atoms with Crippen molar-refractivity contribution >= 4 is 5.97 Å². The van der Waals surface area contributed by atoms with Crippen LogP contribution in [0.3, 0.4) is 0 Å². The SMILES string of the molecule is CCCCC(CC)C(=O)O.CCCCCCCCCCCCCCCC(Cc1ccccc1)N(C)C. The maximum absolute atomic E-state index is 10.4. The Labute approximate surface area is 225 Å². The van der Waals surface area contributed by atoms with Crippen molar-refractivity contribution in [1.29, 1.82) is 0 Å². The second-order valence-electron chi connectivity index (χ2n) is 10.9. The molecule has 2 atom stereocenters. The van der Waals surface area contributed by atoms with Crippen LogP contribution >= 0.6 is 0 Å². The molecule has 3 nitrogen and oxygen atoms in total. The predicted octanol–water partition coefficient (Wildman–Crippen LogP) is 9.93. The van der Waals surface area contributed by atoms with Crippen LogP contribution in [0, 0.1) is 5.92 Å². The minimum atomic E-state index is -0.643. The first kappa shape index (κ1) is 34.6. The van der Waals surface area contributed by atoms with Gasteiger partial charge in [-0.25, -0.2) is 0 Å². The first-order chi connectivity index (χ1) is 17.5. The zero-order valence-electron chi connectivity index (χ0n) is 24.8. The molecule has 1 aromatic carbocycles. The number of carboxylic acids is 1. The number of carbonyl (C=O) groups is 1. The minimum Gasteiger partial charge on any atom is -0.481 e. The summed E-state index contributed by atoms with van der Waals surface area (Å²) in [6.07, 6.45) is 24.9. The van der Waals surface area contributed by atoms with Crippen molar-refractivity contribution in [2.45, 2.75) is 149 Å². The Morgan fingerprint density at radius 1 is 0.694 bits per heavy atom. The molecule has 0 aliphatic carbocycles. The van der Waals surface area contributed by atoms with Gasteiger partial charge in [0.05, 0.1) is 5.92 Å². The summed E-state index contributed by atoms with van der Waals surface area (Å²) in [4.78, 5) is 12.8. The van der Waals surface area contributed by atoms with Crippen LogP contribution in [-0.2, 0) is 11.2 Å². The molecule has 0 aliphatic rings. The number of carboxylic acid groups (broad SMARTS) is 1. The van der Waals surface area contributed by atoms with Gasteiger partial charge in [-0.05, 0) is 45.3 Å². The highest BCUT2D eigenvalue weighted by Gasteiger charge is 2.13. The summed E-state index contributed by atoms with van der Waals surface area (Å²) in [5.74, 6) is -0.754. The van der Waals surface area contributed by atoms with E-state index >= 15 is 0 Å². The quantitative estimate of drug-likeness (QED) is 0.160. The Hall–Kier alpha value is -1.35. The maximum atomic E-state index is 10.4. The Kier molecular flexibility index (Phi) is 24.4. The largest absolute Gasteiger partial charge is 0.481 e. The van der Waals surface area contributed by atoms with Crippen molar-refractivity contribution in [3.63, 3.8) is 0 Å². The molecule has 3 heteroatoms. The third-order valence-corrected chi connectivity index (χ3v) is 7.43. The Balaban J connectivity index is 0.00000103. The maximum Gasteiger partial charge on any atom is 0.306 e. The number of benzene rings is 1. The zero-order chi connectivity index (χ0) is 26.9. The van der Waals surface area contributed by atoms with Crippen molar-refractivity contribution in [1.82, 2.24) is 4.90 Å².